The minimum atomic E-state index is 0.606. The van der Waals surface area contributed by atoms with E-state index in [0.717, 1.165) is 9.86 Å². The summed E-state index contributed by atoms with van der Waals surface area (Å²) in [7, 11) is 0. The van der Waals surface area contributed by atoms with Gasteiger partial charge in [-0.15, -0.1) is 0 Å². The van der Waals surface area contributed by atoms with E-state index in [0.29, 0.717) is 10.7 Å². The summed E-state index contributed by atoms with van der Waals surface area (Å²) in [6.45, 7) is 0. The molecule has 0 aliphatic carbocycles. The van der Waals surface area contributed by atoms with Crippen LogP contribution in [0, 0.1) is 0 Å². The first-order chi connectivity index (χ1) is 5.68. The second-order valence-corrected chi connectivity index (χ2v) is 3.70. The largest absolute Gasteiger partial charge is 0.338 e. The van der Waals surface area contributed by atoms with Gasteiger partial charge in [0.25, 0.3) is 0 Å². The molecular weight excluding hydrogens is 241 g/mol. The molecule has 3 nitrogen and oxygen atoms in total. The Morgan fingerprint density at radius 3 is 3.08 bits per heavy atom. The number of nitrogen functional groups attached to an aromatic ring is 1. The Bertz CT molecular complexity index is 437. The normalized spacial score (nSPS) is 10.8. The Labute approximate surface area is 82.2 Å². The van der Waals surface area contributed by atoms with E-state index < -0.39 is 0 Å². The molecule has 0 aliphatic rings. The van der Waals surface area contributed by atoms with E-state index >= 15 is 0 Å². The van der Waals surface area contributed by atoms with Crippen LogP contribution in [0.1, 0.15) is 0 Å². The highest BCUT2D eigenvalue weighted by Gasteiger charge is 2.05. The zero-order valence-electron chi connectivity index (χ0n) is 5.96. The van der Waals surface area contributed by atoms with E-state index in [1.807, 2.05) is 6.07 Å². The molecule has 0 saturated carbocycles. The van der Waals surface area contributed by atoms with Gasteiger partial charge in [0.05, 0.1) is 5.02 Å². The average Bonchev–Trinajstić information content (AvgIpc) is 2.28. The van der Waals surface area contributed by atoms with Crippen molar-refractivity contribution in [2.24, 2.45) is 0 Å². The van der Waals surface area contributed by atoms with Crippen LogP contribution in [0.2, 0.25) is 5.02 Å². The number of halogens is 2. The summed E-state index contributed by atoms with van der Waals surface area (Å²) < 4.78 is 2.35. The van der Waals surface area contributed by atoms with Crippen LogP contribution in [0.25, 0.3) is 11.0 Å². The van der Waals surface area contributed by atoms with Gasteiger partial charge in [0, 0.05) is 22.3 Å². The van der Waals surface area contributed by atoms with Gasteiger partial charge in [0.2, 0.25) is 0 Å². The first-order valence-electron chi connectivity index (χ1n) is 3.25. The fraction of sp³-hybridized carbons (Fsp3) is 0. The standard InChI is InChI=1S/C7H5BrClN3/c8-6-3-12(10)7-5(6)1-4(9)2-11-7/h1-3H,10H2. The Balaban J connectivity index is 2.90. The molecule has 0 saturated heterocycles. The number of rotatable bonds is 0. The van der Waals surface area contributed by atoms with Crippen molar-refractivity contribution in [3.05, 3.63) is 28.0 Å². The lowest BCUT2D eigenvalue weighted by molar-refractivity contribution is 1.03. The van der Waals surface area contributed by atoms with Crippen molar-refractivity contribution in [3.8, 4) is 0 Å². The minimum absolute atomic E-state index is 0.606. The lowest BCUT2D eigenvalue weighted by Gasteiger charge is -1.93. The molecule has 0 radical (unpaired) electrons. The molecule has 2 heterocycles. The topological polar surface area (TPSA) is 43.8 Å². The summed E-state index contributed by atoms with van der Waals surface area (Å²) >= 11 is 9.12. The van der Waals surface area contributed by atoms with E-state index in [2.05, 4.69) is 20.9 Å². The van der Waals surface area contributed by atoms with Crippen LogP contribution in [0.3, 0.4) is 0 Å². The number of nitrogens with zero attached hydrogens (tertiary/aromatic N) is 2. The first-order valence-corrected chi connectivity index (χ1v) is 4.43. The van der Waals surface area contributed by atoms with Crippen molar-refractivity contribution in [2.45, 2.75) is 0 Å². The molecule has 0 aromatic carbocycles. The maximum atomic E-state index is 5.77. The van der Waals surface area contributed by atoms with Gasteiger partial charge in [0.1, 0.15) is 0 Å². The molecular formula is C7H5BrClN3. The van der Waals surface area contributed by atoms with Crippen molar-refractivity contribution in [3.63, 3.8) is 0 Å². The highest BCUT2D eigenvalue weighted by atomic mass is 79.9. The molecule has 0 amide bonds. The van der Waals surface area contributed by atoms with E-state index in [-0.39, 0.29) is 0 Å². The quantitative estimate of drug-likeness (QED) is 0.724. The molecule has 0 aliphatic heterocycles. The Morgan fingerprint density at radius 1 is 1.58 bits per heavy atom. The highest BCUT2D eigenvalue weighted by Crippen LogP contribution is 2.25. The monoisotopic (exact) mass is 245 g/mol. The number of fused-ring (bicyclic) bond motifs is 1. The molecule has 12 heavy (non-hydrogen) atoms. The second-order valence-electron chi connectivity index (χ2n) is 2.41. The maximum Gasteiger partial charge on any atom is 0.159 e. The summed E-state index contributed by atoms with van der Waals surface area (Å²) in [6.07, 6.45) is 3.31. The van der Waals surface area contributed by atoms with Gasteiger partial charge in [-0.05, 0) is 22.0 Å². The smallest absolute Gasteiger partial charge is 0.159 e. The Hall–Kier alpha value is -0.740. The first kappa shape index (κ1) is 7.89. The van der Waals surface area contributed by atoms with E-state index in [9.17, 15) is 0 Å². The molecule has 62 valence electrons. The van der Waals surface area contributed by atoms with Crippen LogP contribution in [0.4, 0.5) is 0 Å². The number of hydrogen-bond donors (Lipinski definition) is 1. The number of hydrogen-bond acceptors (Lipinski definition) is 2. The average molecular weight is 246 g/mol. The molecule has 0 unspecified atom stereocenters. The van der Waals surface area contributed by atoms with Crippen LogP contribution in [-0.2, 0) is 0 Å². The van der Waals surface area contributed by atoms with Gasteiger partial charge in [0.15, 0.2) is 5.65 Å². The van der Waals surface area contributed by atoms with Crippen molar-refractivity contribution in [1.29, 1.82) is 0 Å². The predicted octanol–water partition coefficient (Wildman–Crippen LogP) is 2.17. The fourth-order valence-corrected chi connectivity index (χ4v) is 1.74. The molecule has 0 bridgehead atoms. The third kappa shape index (κ3) is 1.07. The van der Waals surface area contributed by atoms with Gasteiger partial charge in [-0.1, -0.05) is 11.6 Å². The SMILES string of the molecule is Nn1cc(Br)c2cc(Cl)cnc21. The molecule has 0 fully saturated rings. The predicted molar refractivity (Wildman–Crippen MR) is 52.6 cm³/mol. The van der Waals surface area contributed by atoms with Crippen molar-refractivity contribution < 1.29 is 0 Å². The molecule has 5 heteroatoms. The van der Waals surface area contributed by atoms with Gasteiger partial charge in [-0.3, -0.25) is 4.68 Å². The van der Waals surface area contributed by atoms with Crippen molar-refractivity contribution in [2.75, 3.05) is 5.84 Å². The van der Waals surface area contributed by atoms with Crippen LogP contribution in [0.5, 0.6) is 0 Å². The maximum absolute atomic E-state index is 5.77. The van der Waals surface area contributed by atoms with Gasteiger partial charge in [-0.25, -0.2) is 4.98 Å². The minimum Gasteiger partial charge on any atom is -0.338 e. The number of pyridine rings is 1. The van der Waals surface area contributed by atoms with Crippen LogP contribution >= 0.6 is 27.5 Å². The summed E-state index contributed by atoms with van der Waals surface area (Å²) in [5.74, 6) is 5.61. The van der Waals surface area contributed by atoms with Crippen LogP contribution in [0.15, 0.2) is 22.9 Å². The lowest BCUT2D eigenvalue weighted by atomic mass is 10.3. The van der Waals surface area contributed by atoms with Gasteiger partial charge in [-0.2, -0.15) is 0 Å². The number of aromatic nitrogens is 2. The highest BCUT2D eigenvalue weighted by molar-refractivity contribution is 9.10. The lowest BCUT2D eigenvalue weighted by Crippen LogP contribution is -2.05. The number of nitrogens with two attached hydrogens (primary N) is 1. The zero-order chi connectivity index (χ0) is 8.72. The third-order valence-electron chi connectivity index (χ3n) is 1.59. The summed E-state index contributed by atoms with van der Waals surface area (Å²) in [4.78, 5) is 4.08. The summed E-state index contributed by atoms with van der Waals surface area (Å²) in [5, 5.41) is 1.53. The molecule has 0 spiro atoms. The molecule has 0 atom stereocenters. The zero-order valence-corrected chi connectivity index (χ0v) is 8.30. The summed E-state index contributed by atoms with van der Waals surface area (Å²) in [5.41, 5.74) is 0.714. The molecule has 2 N–H and O–H groups in total. The van der Waals surface area contributed by atoms with Crippen LogP contribution in [-0.4, -0.2) is 9.66 Å². The Kier molecular flexibility index (Phi) is 1.73. The Morgan fingerprint density at radius 2 is 2.33 bits per heavy atom. The van der Waals surface area contributed by atoms with Gasteiger partial charge < -0.3 is 5.84 Å². The molecule has 2 rings (SSSR count). The second kappa shape index (κ2) is 2.64. The third-order valence-corrected chi connectivity index (χ3v) is 2.43. The van der Waals surface area contributed by atoms with Gasteiger partial charge >= 0.3 is 0 Å². The van der Waals surface area contributed by atoms with E-state index in [1.54, 1.807) is 12.4 Å². The van der Waals surface area contributed by atoms with Crippen molar-refractivity contribution >= 4 is 38.6 Å². The molecule has 2 aromatic heterocycles. The summed E-state index contributed by atoms with van der Waals surface area (Å²) in [6, 6.07) is 1.82. The van der Waals surface area contributed by atoms with Crippen molar-refractivity contribution in [1.82, 2.24) is 9.66 Å². The molecule has 2 aromatic rings. The van der Waals surface area contributed by atoms with E-state index in [1.165, 1.54) is 4.68 Å². The van der Waals surface area contributed by atoms with E-state index in [4.69, 9.17) is 17.4 Å². The fourth-order valence-electron chi connectivity index (χ4n) is 1.07. The van der Waals surface area contributed by atoms with Crippen LogP contribution < -0.4 is 5.84 Å².